The van der Waals surface area contributed by atoms with Gasteiger partial charge in [0, 0.05) is 51.1 Å². The molecule has 0 atom stereocenters. The zero-order chi connectivity index (χ0) is 17.0. The lowest BCUT2D eigenvalue weighted by molar-refractivity contribution is -0.0157. The number of carbonyl (C=O) groups excluding carboxylic acids is 1. The molecule has 1 amide bonds. The van der Waals surface area contributed by atoms with E-state index in [4.69, 9.17) is 4.74 Å². The van der Waals surface area contributed by atoms with E-state index in [2.05, 4.69) is 27.1 Å². The van der Waals surface area contributed by atoms with Crippen LogP contribution in [0.15, 0.2) is 18.3 Å². The standard InChI is InChI=1S/C18H28N4O2/c1-3-19-17(23)15-4-5-16(20-14-15)22-9-6-18(21(2)10-11-22)7-12-24-13-8-18/h4-5,14H,3,6-13H2,1-2H3,(H,19,23). The van der Waals surface area contributed by atoms with Crippen LogP contribution in [-0.2, 0) is 4.74 Å². The van der Waals surface area contributed by atoms with Gasteiger partial charge >= 0.3 is 0 Å². The number of rotatable bonds is 3. The first kappa shape index (κ1) is 17.2. The second kappa shape index (κ2) is 7.49. The molecule has 0 radical (unpaired) electrons. The number of aromatic nitrogens is 1. The second-order valence-corrected chi connectivity index (χ2v) is 6.76. The minimum atomic E-state index is -0.0618. The van der Waals surface area contributed by atoms with E-state index in [1.807, 2.05) is 19.1 Å². The Morgan fingerprint density at radius 3 is 2.71 bits per heavy atom. The van der Waals surface area contributed by atoms with E-state index in [9.17, 15) is 4.79 Å². The molecule has 0 saturated carbocycles. The number of hydrogen-bond acceptors (Lipinski definition) is 5. The Morgan fingerprint density at radius 1 is 1.25 bits per heavy atom. The fraction of sp³-hybridized carbons (Fsp3) is 0.667. The van der Waals surface area contributed by atoms with Gasteiger partial charge in [-0.3, -0.25) is 9.69 Å². The second-order valence-electron chi connectivity index (χ2n) is 6.76. The summed E-state index contributed by atoms with van der Waals surface area (Å²) in [7, 11) is 2.24. The molecule has 0 bridgehead atoms. The predicted molar refractivity (Wildman–Crippen MR) is 94.5 cm³/mol. The Labute approximate surface area is 144 Å². The molecule has 24 heavy (non-hydrogen) atoms. The van der Waals surface area contributed by atoms with Crippen molar-refractivity contribution >= 4 is 11.7 Å². The van der Waals surface area contributed by atoms with Crippen LogP contribution in [0.2, 0.25) is 0 Å². The molecule has 3 heterocycles. The Morgan fingerprint density at radius 2 is 2.04 bits per heavy atom. The summed E-state index contributed by atoms with van der Waals surface area (Å²) < 4.78 is 5.56. The van der Waals surface area contributed by atoms with Crippen LogP contribution >= 0.6 is 0 Å². The molecule has 1 spiro atoms. The van der Waals surface area contributed by atoms with Gasteiger partial charge in [0.05, 0.1) is 5.56 Å². The molecule has 0 aromatic carbocycles. The lowest BCUT2D eigenvalue weighted by atomic mass is 9.85. The molecule has 6 heteroatoms. The van der Waals surface area contributed by atoms with Gasteiger partial charge in [0.25, 0.3) is 5.91 Å². The number of likely N-dealkylation sites (N-methyl/N-ethyl adjacent to an activating group) is 1. The van der Waals surface area contributed by atoms with Crippen LogP contribution in [0.3, 0.4) is 0 Å². The van der Waals surface area contributed by atoms with Gasteiger partial charge < -0.3 is 15.0 Å². The van der Waals surface area contributed by atoms with Crippen LogP contribution in [0.4, 0.5) is 5.82 Å². The van der Waals surface area contributed by atoms with Crippen molar-refractivity contribution in [1.29, 1.82) is 0 Å². The van der Waals surface area contributed by atoms with Gasteiger partial charge in [-0.2, -0.15) is 0 Å². The van der Waals surface area contributed by atoms with Gasteiger partial charge in [-0.1, -0.05) is 0 Å². The third-order valence-corrected chi connectivity index (χ3v) is 5.46. The molecule has 2 fully saturated rings. The minimum Gasteiger partial charge on any atom is -0.381 e. The summed E-state index contributed by atoms with van der Waals surface area (Å²) >= 11 is 0. The van der Waals surface area contributed by atoms with Crippen LogP contribution in [0.25, 0.3) is 0 Å². The van der Waals surface area contributed by atoms with E-state index in [-0.39, 0.29) is 11.4 Å². The maximum atomic E-state index is 11.8. The van der Waals surface area contributed by atoms with Crippen LogP contribution in [0, 0.1) is 0 Å². The smallest absolute Gasteiger partial charge is 0.252 e. The third-order valence-electron chi connectivity index (χ3n) is 5.46. The summed E-state index contributed by atoms with van der Waals surface area (Å²) in [5, 5.41) is 2.80. The number of carbonyl (C=O) groups is 1. The normalized spacial score (nSPS) is 21.5. The molecular formula is C18H28N4O2. The summed E-state index contributed by atoms with van der Waals surface area (Å²) in [6, 6.07) is 3.83. The topological polar surface area (TPSA) is 57.7 Å². The van der Waals surface area contributed by atoms with Crippen LogP contribution < -0.4 is 10.2 Å². The van der Waals surface area contributed by atoms with Gasteiger partial charge in [0.2, 0.25) is 0 Å². The van der Waals surface area contributed by atoms with Gasteiger partial charge in [0.15, 0.2) is 0 Å². The average Bonchev–Trinajstić information content (AvgIpc) is 2.77. The molecule has 2 aliphatic rings. The van der Waals surface area contributed by atoms with Crippen molar-refractivity contribution in [3.8, 4) is 0 Å². The molecule has 1 aromatic heterocycles. The highest BCUT2D eigenvalue weighted by Gasteiger charge is 2.38. The number of ether oxygens (including phenoxy) is 1. The Kier molecular flexibility index (Phi) is 5.36. The number of hydrogen-bond donors (Lipinski definition) is 1. The zero-order valence-electron chi connectivity index (χ0n) is 14.8. The number of nitrogens with zero attached hydrogens (tertiary/aromatic N) is 3. The molecule has 0 unspecified atom stereocenters. The van der Waals surface area contributed by atoms with Crippen molar-refractivity contribution in [3.05, 3.63) is 23.9 Å². The molecule has 2 aliphatic heterocycles. The van der Waals surface area contributed by atoms with Crippen molar-refractivity contribution < 1.29 is 9.53 Å². The van der Waals surface area contributed by atoms with Crippen molar-refractivity contribution in [2.45, 2.75) is 31.7 Å². The van der Waals surface area contributed by atoms with Gasteiger partial charge in [-0.25, -0.2) is 4.98 Å². The maximum absolute atomic E-state index is 11.8. The van der Waals surface area contributed by atoms with Gasteiger partial charge in [-0.05, 0) is 45.4 Å². The third kappa shape index (κ3) is 3.54. The SMILES string of the molecule is CCNC(=O)c1ccc(N2CCN(C)C3(CCOCC3)CC2)nc1. The molecule has 132 valence electrons. The van der Waals surface area contributed by atoms with Crippen LogP contribution in [0.1, 0.15) is 36.5 Å². The summed E-state index contributed by atoms with van der Waals surface area (Å²) in [4.78, 5) is 21.2. The fourth-order valence-corrected chi connectivity index (χ4v) is 3.74. The first-order valence-corrected chi connectivity index (χ1v) is 8.93. The Bertz CT molecular complexity index is 555. The molecule has 6 nitrogen and oxygen atoms in total. The Hall–Kier alpha value is -1.66. The quantitative estimate of drug-likeness (QED) is 0.909. The summed E-state index contributed by atoms with van der Waals surface area (Å²) in [6.45, 7) is 7.27. The van der Waals surface area contributed by atoms with E-state index in [0.717, 1.165) is 57.9 Å². The molecule has 0 aliphatic carbocycles. The summed E-state index contributed by atoms with van der Waals surface area (Å²) in [6.07, 6.45) is 5.04. The first-order valence-electron chi connectivity index (χ1n) is 8.93. The molecule has 1 aromatic rings. The lowest BCUT2D eigenvalue weighted by Gasteiger charge is -2.43. The van der Waals surface area contributed by atoms with Gasteiger partial charge in [-0.15, -0.1) is 0 Å². The Balaban J connectivity index is 1.68. The molecule has 3 rings (SSSR count). The molecule has 2 saturated heterocycles. The fourth-order valence-electron chi connectivity index (χ4n) is 3.74. The van der Waals surface area contributed by atoms with E-state index in [0.29, 0.717) is 12.1 Å². The van der Waals surface area contributed by atoms with Crippen molar-refractivity contribution in [3.63, 3.8) is 0 Å². The van der Waals surface area contributed by atoms with E-state index in [1.54, 1.807) is 6.20 Å². The zero-order valence-corrected chi connectivity index (χ0v) is 14.8. The highest BCUT2D eigenvalue weighted by Crippen LogP contribution is 2.33. The average molecular weight is 332 g/mol. The van der Waals surface area contributed by atoms with Gasteiger partial charge in [0.1, 0.15) is 5.82 Å². The predicted octanol–water partition coefficient (Wildman–Crippen LogP) is 1.52. The maximum Gasteiger partial charge on any atom is 0.252 e. The largest absolute Gasteiger partial charge is 0.381 e. The minimum absolute atomic E-state index is 0.0618. The highest BCUT2D eigenvalue weighted by molar-refractivity contribution is 5.93. The van der Waals surface area contributed by atoms with E-state index < -0.39 is 0 Å². The number of anilines is 1. The van der Waals surface area contributed by atoms with Crippen molar-refractivity contribution in [1.82, 2.24) is 15.2 Å². The van der Waals surface area contributed by atoms with Crippen molar-refractivity contribution in [2.24, 2.45) is 0 Å². The first-order chi connectivity index (χ1) is 11.6. The van der Waals surface area contributed by atoms with E-state index in [1.165, 1.54) is 0 Å². The highest BCUT2D eigenvalue weighted by atomic mass is 16.5. The monoisotopic (exact) mass is 332 g/mol. The lowest BCUT2D eigenvalue weighted by Crippen LogP contribution is -2.50. The van der Waals surface area contributed by atoms with E-state index >= 15 is 0 Å². The molecule has 1 N–H and O–H groups in total. The summed E-state index contributed by atoms with van der Waals surface area (Å²) in [5.41, 5.74) is 0.891. The number of pyridine rings is 1. The number of nitrogens with one attached hydrogen (secondary N) is 1. The van der Waals surface area contributed by atoms with Crippen LogP contribution in [-0.4, -0.2) is 67.8 Å². The van der Waals surface area contributed by atoms with Crippen molar-refractivity contribution in [2.75, 3.05) is 51.3 Å². The summed E-state index contributed by atoms with van der Waals surface area (Å²) in [5.74, 6) is 0.897. The molecular weight excluding hydrogens is 304 g/mol. The van der Waals surface area contributed by atoms with Crippen LogP contribution in [0.5, 0.6) is 0 Å². The number of amides is 1.